The van der Waals surface area contributed by atoms with Gasteiger partial charge in [-0.15, -0.1) is 0 Å². The van der Waals surface area contributed by atoms with Gasteiger partial charge in [-0.05, 0) is 18.4 Å². The molecule has 79 valence electrons. The van der Waals surface area contributed by atoms with Crippen LogP contribution < -0.4 is 5.73 Å². The molecule has 0 aromatic heterocycles. The van der Waals surface area contributed by atoms with E-state index < -0.39 is 5.54 Å². The van der Waals surface area contributed by atoms with Crippen molar-refractivity contribution < 1.29 is 9.53 Å². The fraction of sp³-hybridized carbons (Fsp3) is 0.417. The van der Waals surface area contributed by atoms with Crippen LogP contribution in [0.2, 0.25) is 0 Å². The number of hydrogen-bond donors (Lipinski definition) is 0. The summed E-state index contributed by atoms with van der Waals surface area (Å²) in [5, 5.41) is 0. The van der Waals surface area contributed by atoms with Crippen LogP contribution in [0.15, 0.2) is 30.3 Å². The van der Waals surface area contributed by atoms with Crippen molar-refractivity contribution >= 4 is 5.97 Å². The molecule has 0 unspecified atom stereocenters. The molecule has 0 atom stereocenters. The highest BCUT2D eigenvalue weighted by Gasteiger charge is 2.48. The third-order valence-corrected chi connectivity index (χ3v) is 2.61. The molecular weight excluding hydrogens is 190 g/mol. The topological polar surface area (TPSA) is 50.1 Å². The minimum Gasteiger partial charge on any atom is -0.464 e. The molecular formula is C12H14NO2. The van der Waals surface area contributed by atoms with Crippen LogP contribution in [0.1, 0.15) is 18.4 Å². The summed E-state index contributed by atoms with van der Waals surface area (Å²) in [5.41, 5.74) is 7.80. The summed E-state index contributed by atoms with van der Waals surface area (Å²) in [7, 11) is 0. The highest BCUT2D eigenvalue weighted by atomic mass is 16.5. The predicted molar refractivity (Wildman–Crippen MR) is 56.2 cm³/mol. The maximum absolute atomic E-state index is 11.3. The van der Waals surface area contributed by atoms with Gasteiger partial charge in [0.25, 0.3) is 0 Å². The molecule has 1 N–H and O–H groups in total. The van der Waals surface area contributed by atoms with E-state index in [-0.39, 0.29) is 5.97 Å². The largest absolute Gasteiger partial charge is 0.464 e. The smallest absolute Gasteiger partial charge is 0.327 e. The van der Waals surface area contributed by atoms with Gasteiger partial charge in [-0.2, -0.15) is 0 Å². The quantitative estimate of drug-likeness (QED) is 0.699. The molecule has 1 aliphatic rings. The van der Waals surface area contributed by atoms with Crippen molar-refractivity contribution in [2.45, 2.75) is 24.8 Å². The Labute approximate surface area is 89.2 Å². The summed E-state index contributed by atoms with van der Waals surface area (Å²) in [5.74, 6) is -0.363. The Morgan fingerprint density at radius 3 is 2.60 bits per heavy atom. The van der Waals surface area contributed by atoms with Crippen LogP contribution in [0, 0.1) is 0 Å². The van der Waals surface area contributed by atoms with Crippen LogP contribution >= 0.6 is 0 Å². The van der Waals surface area contributed by atoms with Gasteiger partial charge in [0.05, 0.1) is 6.61 Å². The molecule has 1 saturated carbocycles. The molecule has 0 spiro atoms. The number of hydrogen-bond acceptors (Lipinski definition) is 2. The van der Waals surface area contributed by atoms with Crippen LogP contribution in [-0.4, -0.2) is 18.1 Å². The highest BCUT2D eigenvalue weighted by Crippen LogP contribution is 2.35. The Morgan fingerprint density at radius 1 is 1.33 bits per heavy atom. The van der Waals surface area contributed by atoms with E-state index >= 15 is 0 Å². The second kappa shape index (κ2) is 4.03. The third kappa shape index (κ3) is 2.57. The van der Waals surface area contributed by atoms with Crippen molar-refractivity contribution in [2.24, 2.45) is 0 Å². The Hall–Kier alpha value is -1.35. The first-order valence-electron chi connectivity index (χ1n) is 5.17. The summed E-state index contributed by atoms with van der Waals surface area (Å²) in [6.07, 6.45) is 2.02. The Balaban J connectivity index is 1.73. The van der Waals surface area contributed by atoms with Crippen molar-refractivity contribution in [3.63, 3.8) is 0 Å². The Morgan fingerprint density at radius 2 is 2.00 bits per heavy atom. The molecule has 3 heteroatoms. The van der Waals surface area contributed by atoms with E-state index in [2.05, 4.69) is 0 Å². The monoisotopic (exact) mass is 204 g/mol. The first-order valence-corrected chi connectivity index (χ1v) is 5.17. The number of ether oxygens (including phenoxy) is 1. The number of carbonyl (C=O) groups excluding carboxylic acids is 1. The molecule has 0 bridgehead atoms. The molecule has 3 nitrogen and oxygen atoms in total. The van der Waals surface area contributed by atoms with Gasteiger partial charge in [0.15, 0.2) is 0 Å². The maximum Gasteiger partial charge on any atom is 0.327 e. The van der Waals surface area contributed by atoms with Gasteiger partial charge < -0.3 is 4.74 Å². The zero-order chi connectivity index (χ0) is 10.7. The SMILES string of the molecule is [NH]C1(C(=O)OCCc2ccccc2)CC1. The fourth-order valence-corrected chi connectivity index (χ4v) is 1.37. The van der Waals surface area contributed by atoms with Crippen molar-refractivity contribution in [3.05, 3.63) is 35.9 Å². The lowest BCUT2D eigenvalue weighted by molar-refractivity contribution is -0.146. The summed E-state index contributed by atoms with van der Waals surface area (Å²) in [4.78, 5) is 11.3. The van der Waals surface area contributed by atoms with Gasteiger partial charge in [-0.25, -0.2) is 10.5 Å². The number of carbonyl (C=O) groups is 1. The third-order valence-electron chi connectivity index (χ3n) is 2.61. The average molecular weight is 204 g/mol. The highest BCUT2D eigenvalue weighted by molar-refractivity contribution is 5.83. The van der Waals surface area contributed by atoms with Crippen molar-refractivity contribution in [1.82, 2.24) is 5.73 Å². The first kappa shape index (κ1) is 10.2. The van der Waals surface area contributed by atoms with Gasteiger partial charge in [-0.3, -0.25) is 0 Å². The number of benzene rings is 1. The van der Waals surface area contributed by atoms with Gasteiger partial charge in [-0.1, -0.05) is 30.3 Å². The van der Waals surface area contributed by atoms with Crippen LogP contribution in [0.3, 0.4) is 0 Å². The van der Waals surface area contributed by atoms with E-state index in [1.807, 2.05) is 30.3 Å². The van der Waals surface area contributed by atoms with Crippen LogP contribution in [0.25, 0.3) is 0 Å². The van der Waals surface area contributed by atoms with E-state index in [1.165, 1.54) is 0 Å². The molecule has 15 heavy (non-hydrogen) atoms. The zero-order valence-corrected chi connectivity index (χ0v) is 8.53. The van der Waals surface area contributed by atoms with Gasteiger partial charge in [0, 0.05) is 6.42 Å². The Kier molecular flexibility index (Phi) is 2.73. The first-order chi connectivity index (χ1) is 7.21. The van der Waals surface area contributed by atoms with E-state index in [1.54, 1.807) is 0 Å². The summed E-state index contributed by atoms with van der Waals surface area (Å²) in [6, 6.07) is 9.88. The van der Waals surface area contributed by atoms with Gasteiger partial charge in [0.2, 0.25) is 0 Å². The van der Waals surface area contributed by atoms with E-state index in [0.29, 0.717) is 19.4 Å². The Bertz CT molecular complexity index is 344. The summed E-state index contributed by atoms with van der Waals surface area (Å²) >= 11 is 0. The summed E-state index contributed by atoms with van der Waals surface area (Å²) in [6.45, 7) is 0.378. The average Bonchev–Trinajstić information content (AvgIpc) is 2.99. The molecule has 1 aromatic rings. The van der Waals surface area contributed by atoms with Gasteiger partial charge in [0.1, 0.15) is 5.54 Å². The lowest BCUT2D eigenvalue weighted by Gasteiger charge is -2.08. The number of rotatable bonds is 4. The predicted octanol–water partition coefficient (Wildman–Crippen LogP) is 1.59. The lowest BCUT2D eigenvalue weighted by atomic mass is 10.2. The molecule has 1 fully saturated rings. The van der Waals surface area contributed by atoms with E-state index in [0.717, 1.165) is 12.0 Å². The summed E-state index contributed by atoms with van der Waals surface area (Å²) < 4.78 is 5.05. The van der Waals surface area contributed by atoms with Gasteiger partial charge >= 0.3 is 5.97 Å². The normalized spacial score (nSPS) is 17.1. The molecule has 0 amide bonds. The molecule has 0 aliphatic heterocycles. The molecule has 0 saturated heterocycles. The second-order valence-electron chi connectivity index (χ2n) is 3.95. The molecule has 2 rings (SSSR count). The number of nitrogens with one attached hydrogen (secondary N) is 1. The molecule has 1 aromatic carbocycles. The van der Waals surface area contributed by atoms with E-state index in [9.17, 15) is 4.79 Å². The molecule has 1 radical (unpaired) electrons. The minimum absolute atomic E-state index is 0.363. The maximum atomic E-state index is 11.3. The fourth-order valence-electron chi connectivity index (χ4n) is 1.37. The van der Waals surface area contributed by atoms with Crippen LogP contribution in [0.5, 0.6) is 0 Å². The van der Waals surface area contributed by atoms with Crippen molar-refractivity contribution in [3.8, 4) is 0 Å². The zero-order valence-electron chi connectivity index (χ0n) is 8.53. The number of esters is 1. The molecule has 0 heterocycles. The molecule has 1 aliphatic carbocycles. The van der Waals surface area contributed by atoms with Crippen molar-refractivity contribution in [1.29, 1.82) is 0 Å². The van der Waals surface area contributed by atoms with E-state index in [4.69, 9.17) is 10.5 Å². The van der Waals surface area contributed by atoms with Crippen LogP contribution in [-0.2, 0) is 16.0 Å². The minimum atomic E-state index is -0.906. The second-order valence-corrected chi connectivity index (χ2v) is 3.95. The standard InChI is InChI=1S/C12H14NO2/c13-12(7-8-12)11(14)15-9-6-10-4-2-1-3-5-10/h1-5,13H,6-9H2. The lowest BCUT2D eigenvalue weighted by Crippen LogP contribution is -2.27. The van der Waals surface area contributed by atoms with Crippen molar-refractivity contribution in [2.75, 3.05) is 6.61 Å². The van der Waals surface area contributed by atoms with Crippen LogP contribution in [0.4, 0.5) is 0 Å².